The van der Waals surface area contributed by atoms with E-state index in [2.05, 4.69) is 168 Å². The molecular formula is C51H32N4. The third kappa shape index (κ3) is 5.34. The smallest absolute Gasteiger partial charge is 0.164 e. The van der Waals surface area contributed by atoms with E-state index in [4.69, 9.17) is 15.0 Å². The van der Waals surface area contributed by atoms with Crippen LogP contribution < -0.4 is 0 Å². The van der Waals surface area contributed by atoms with Gasteiger partial charge in [-0.15, -0.1) is 0 Å². The van der Waals surface area contributed by atoms with E-state index < -0.39 is 0 Å². The quantitative estimate of drug-likeness (QED) is 0.179. The first kappa shape index (κ1) is 31.1. The van der Waals surface area contributed by atoms with Crippen LogP contribution in [-0.2, 0) is 0 Å². The van der Waals surface area contributed by atoms with Crippen molar-refractivity contribution in [2.24, 2.45) is 0 Å². The van der Waals surface area contributed by atoms with Gasteiger partial charge in [0.1, 0.15) is 0 Å². The Morgan fingerprint density at radius 1 is 0.291 bits per heavy atom. The summed E-state index contributed by atoms with van der Waals surface area (Å²) >= 11 is 0. The summed E-state index contributed by atoms with van der Waals surface area (Å²) in [5.74, 6) is 1.91. The minimum atomic E-state index is 0.632. The molecule has 0 fully saturated rings. The molecule has 0 aliphatic carbocycles. The highest BCUT2D eigenvalue weighted by atomic mass is 15.0. The predicted molar refractivity (Wildman–Crippen MR) is 228 cm³/mol. The Labute approximate surface area is 317 Å². The molecule has 55 heavy (non-hydrogen) atoms. The number of aromatic nitrogens is 4. The molecule has 4 nitrogen and oxygen atoms in total. The molecule has 0 N–H and O–H groups in total. The van der Waals surface area contributed by atoms with Crippen LogP contribution in [0.15, 0.2) is 194 Å². The maximum Gasteiger partial charge on any atom is 0.164 e. The Hall–Kier alpha value is -7.43. The maximum absolute atomic E-state index is 5.08. The van der Waals surface area contributed by atoms with Crippen molar-refractivity contribution in [3.63, 3.8) is 0 Å². The summed E-state index contributed by atoms with van der Waals surface area (Å²) in [6, 6.07) is 68.8. The summed E-state index contributed by atoms with van der Waals surface area (Å²) in [4.78, 5) is 15.1. The van der Waals surface area contributed by atoms with E-state index in [9.17, 15) is 0 Å². The number of fused-ring (bicyclic) bond motifs is 7. The van der Waals surface area contributed by atoms with Crippen molar-refractivity contribution in [3.05, 3.63) is 194 Å². The lowest BCUT2D eigenvalue weighted by Gasteiger charge is -2.12. The molecule has 0 radical (unpaired) electrons. The second-order valence-electron chi connectivity index (χ2n) is 14.1. The molecule has 0 atom stereocenters. The minimum Gasteiger partial charge on any atom is -0.309 e. The SMILES string of the molecule is c1ccc(-c2nc(-c3ccc(-c4ccc5ccccc5c4)cc3)nc(-c3ccc(-n4c5cc6ccccc6cc5c5ccc6ccccc6c54)cc3)n2)cc1. The van der Waals surface area contributed by atoms with Gasteiger partial charge in [-0.05, 0) is 80.5 Å². The van der Waals surface area contributed by atoms with Crippen molar-refractivity contribution in [1.29, 1.82) is 0 Å². The highest BCUT2D eigenvalue weighted by molar-refractivity contribution is 6.20. The summed E-state index contributed by atoms with van der Waals surface area (Å²) in [6.45, 7) is 0. The molecule has 0 aliphatic rings. The van der Waals surface area contributed by atoms with Gasteiger partial charge in [0.2, 0.25) is 0 Å². The van der Waals surface area contributed by atoms with Crippen molar-refractivity contribution >= 4 is 54.1 Å². The Morgan fingerprint density at radius 2 is 0.782 bits per heavy atom. The minimum absolute atomic E-state index is 0.632. The van der Waals surface area contributed by atoms with E-state index in [1.165, 1.54) is 59.7 Å². The molecule has 0 amide bonds. The Kier molecular flexibility index (Phi) is 7.14. The standard InChI is InChI=1S/C51H32N4/c1-2-12-36(13-3-1)49-52-50(37-21-18-34(19-22-37)42-23-20-33-10-4-5-14-39(33)30-42)54-51(53-49)38-24-27-43(28-25-38)55-47-32-41-16-7-6-15-40(41)31-46(47)45-29-26-35-11-8-9-17-44(35)48(45)55/h1-32H. The molecule has 11 aromatic rings. The van der Waals surface area contributed by atoms with Crippen molar-refractivity contribution in [1.82, 2.24) is 19.5 Å². The van der Waals surface area contributed by atoms with Crippen LogP contribution in [0.2, 0.25) is 0 Å². The third-order valence-corrected chi connectivity index (χ3v) is 10.8. The Morgan fingerprint density at radius 3 is 1.47 bits per heavy atom. The van der Waals surface area contributed by atoms with Gasteiger partial charge in [0, 0.05) is 38.5 Å². The largest absolute Gasteiger partial charge is 0.309 e. The van der Waals surface area contributed by atoms with E-state index >= 15 is 0 Å². The van der Waals surface area contributed by atoms with Crippen molar-refractivity contribution in [2.75, 3.05) is 0 Å². The molecule has 0 spiro atoms. The van der Waals surface area contributed by atoms with Crippen molar-refractivity contribution < 1.29 is 0 Å². The highest BCUT2D eigenvalue weighted by Gasteiger charge is 2.17. The van der Waals surface area contributed by atoms with Crippen LogP contribution in [0.1, 0.15) is 0 Å². The molecule has 4 heteroatoms. The second-order valence-corrected chi connectivity index (χ2v) is 14.1. The zero-order valence-electron chi connectivity index (χ0n) is 29.8. The molecule has 9 aromatic carbocycles. The zero-order valence-corrected chi connectivity index (χ0v) is 29.8. The van der Waals surface area contributed by atoms with E-state index in [0.717, 1.165) is 27.9 Å². The average molecular weight is 701 g/mol. The van der Waals surface area contributed by atoms with Crippen LogP contribution in [-0.4, -0.2) is 19.5 Å². The molecule has 11 rings (SSSR count). The van der Waals surface area contributed by atoms with E-state index in [0.29, 0.717) is 17.5 Å². The van der Waals surface area contributed by atoms with Gasteiger partial charge >= 0.3 is 0 Å². The van der Waals surface area contributed by atoms with Crippen LogP contribution in [0.3, 0.4) is 0 Å². The fourth-order valence-electron chi connectivity index (χ4n) is 8.02. The molecule has 256 valence electrons. The predicted octanol–water partition coefficient (Wildman–Crippen LogP) is 13.1. The molecule has 0 aliphatic heterocycles. The number of benzene rings is 9. The number of rotatable bonds is 5. The van der Waals surface area contributed by atoms with Crippen LogP contribution in [0, 0.1) is 0 Å². The number of hydrogen-bond donors (Lipinski definition) is 0. The first-order chi connectivity index (χ1) is 27.2. The summed E-state index contributed by atoms with van der Waals surface area (Å²) in [5.41, 5.74) is 8.60. The van der Waals surface area contributed by atoms with Crippen LogP contribution in [0.5, 0.6) is 0 Å². The summed E-state index contributed by atoms with van der Waals surface area (Å²) in [6.07, 6.45) is 0. The molecule has 0 unspecified atom stereocenters. The van der Waals surface area contributed by atoms with Gasteiger partial charge in [0.05, 0.1) is 11.0 Å². The molecule has 2 aromatic heterocycles. The Balaban J connectivity index is 1.03. The van der Waals surface area contributed by atoms with E-state index in [-0.39, 0.29) is 0 Å². The Bertz CT molecular complexity index is 3240. The molecule has 2 heterocycles. The first-order valence-electron chi connectivity index (χ1n) is 18.6. The number of hydrogen-bond acceptors (Lipinski definition) is 3. The lowest BCUT2D eigenvalue weighted by Crippen LogP contribution is -2.00. The number of nitrogens with zero attached hydrogens (tertiary/aromatic N) is 4. The van der Waals surface area contributed by atoms with Crippen LogP contribution in [0.4, 0.5) is 0 Å². The van der Waals surface area contributed by atoms with E-state index in [1.54, 1.807) is 0 Å². The molecule has 0 saturated heterocycles. The van der Waals surface area contributed by atoms with Gasteiger partial charge in [-0.25, -0.2) is 15.0 Å². The summed E-state index contributed by atoms with van der Waals surface area (Å²) in [5, 5.41) is 9.85. The van der Waals surface area contributed by atoms with Gasteiger partial charge in [-0.2, -0.15) is 0 Å². The average Bonchev–Trinajstić information content (AvgIpc) is 3.59. The van der Waals surface area contributed by atoms with Crippen LogP contribution >= 0.6 is 0 Å². The van der Waals surface area contributed by atoms with Gasteiger partial charge < -0.3 is 4.57 Å². The van der Waals surface area contributed by atoms with Crippen molar-refractivity contribution in [3.8, 4) is 51.0 Å². The monoisotopic (exact) mass is 700 g/mol. The summed E-state index contributed by atoms with van der Waals surface area (Å²) < 4.78 is 2.41. The van der Waals surface area contributed by atoms with Gasteiger partial charge in [-0.1, -0.05) is 152 Å². The first-order valence-corrected chi connectivity index (χ1v) is 18.6. The lowest BCUT2D eigenvalue weighted by atomic mass is 10.00. The molecule has 0 saturated carbocycles. The summed E-state index contributed by atoms with van der Waals surface area (Å²) in [7, 11) is 0. The molecule has 0 bridgehead atoms. The van der Waals surface area contributed by atoms with Crippen molar-refractivity contribution in [2.45, 2.75) is 0 Å². The van der Waals surface area contributed by atoms with Gasteiger partial charge in [-0.3, -0.25) is 0 Å². The topological polar surface area (TPSA) is 43.6 Å². The third-order valence-electron chi connectivity index (χ3n) is 10.8. The molecular weight excluding hydrogens is 669 g/mol. The highest BCUT2D eigenvalue weighted by Crippen LogP contribution is 2.39. The second kappa shape index (κ2) is 12.6. The lowest BCUT2D eigenvalue weighted by molar-refractivity contribution is 1.07. The zero-order chi connectivity index (χ0) is 36.3. The fourth-order valence-corrected chi connectivity index (χ4v) is 8.02. The van der Waals surface area contributed by atoms with Gasteiger partial charge in [0.25, 0.3) is 0 Å². The fraction of sp³-hybridized carbons (Fsp3) is 0. The van der Waals surface area contributed by atoms with Gasteiger partial charge in [0.15, 0.2) is 17.5 Å². The maximum atomic E-state index is 5.08. The normalized spacial score (nSPS) is 11.6. The van der Waals surface area contributed by atoms with E-state index in [1.807, 2.05) is 30.3 Å². The van der Waals surface area contributed by atoms with Crippen LogP contribution in [0.25, 0.3) is 105 Å².